The van der Waals surface area contributed by atoms with Crippen LogP contribution in [0.4, 0.5) is 5.82 Å². The van der Waals surface area contributed by atoms with E-state index in [1.165, 1.54) is 10.4 Å². The maximum Gasteiger partial charge on any atom is 0.178 e. The first-order chi connectivity index (χ1) is 9.31. The van der Waals surface area contributed by atoms with Crippen molar-refractivity contribution in [3.8, 4) is 0 Å². The molecule has 0 aromatic carbocycles. The van der Waals surface area contributed by atoms with E-state index in [4.69, 9.17) is 0 Å². The van der Waals surface area contributed by atoms with Gasteiger partial charge in [-0.05, 0) is 42.5 Å². The van der Waals surface area contributed by atoms with Crippen LogP contribution >= 0.6 is 11.3 Å². The van der Waals surface area contributed by atoms with E-state index in [1.807, 2.05) is 30.4 Å². The maximum atomic E-state index is 4.64. The average molecular weight is 271 g/mol. The van der Waals surface area contributed by atoms with Crippen molar-refractivity contribution in [2.24, 2.45) is 0 Å². The first kappa shape index (κ1) is 10.9. The molecule has 0 bridgehead atoms. The van der Waals surface area contributed by atoms with Gasteiger partial charge in [0.1, 0.15) is 5.82 Å². The average Bonchev–Trinajstić information content (AvgIpc) is 3.05. The highest BCUT2D eigenvalue weighted by molar-refractivity contribution is 7.10. The third-order valence-corrected chi connectivity index (χ3v) is 4.56. The van der Waals surface area contributed by atoms with Gasteiger partial charge in [-0.25, -0.2) is 0 Å². The van der Waals surface area contributed by atoms with E-state index in [9.17, 15) is 0 Å². The Hall–Kier alpha value is -1.95. The van der Waals surface area contributed by atoms with Crippen molar-refractivity contribution in [1.29, 1.82) is 0 Å². The number of nitrogens with zero attached hydrogens (tertiary/aromatic N) is 5. The van der Waals surface area contributed by atoms with E-state index >= 15 is 0 Å². The quantitative estimate of drug-likeness (QED) is 0.679. The zero-order chi connectivity index (χ0) is 12.8. The molecule has 3 aromatic rings. The summed E-state index contributed by atoms with van der Waals surface area (Å²) in [4.78, 5) is 3.83. The highest BCUT2D eigenvalue weighted by atomic mass is 32.1. The van der Waals surface area contributed by atoms with Gasteiger partial charge in [0.2, 0.25) is 0 Å². The fourth-order valence-corrected chi connectivity index (χ4v) is 3.39. The lowest BCUT2D eigenvalue weighted by Crippen LogP contribution is -2.30. The van der Waals surface area contributed by atoms with Crippen LogP contribution in [0.5, 0.6) is 0 Å². The highest BCUT2D eigenvalue weighted by Gasteiger charge is 2.19. The monoisotopic (exact) mass is 271 g/mol. The Morgan fingerprint density at radius 2 is 2.16 bits per heavy atom. The van der Waals surface area contributed by atoms with Crippen LogP contribution in [0.25, 0.3) is 5.65 Å². The molecule has 0 unspecified atom stereocenters. The molecule has 0 saturated heterocycles. The fraction of sp³-hybridized carbons (Fsp3) is 0.308. The Bertz CT molecular complexity index is 744. The summed E-state index contributed by atoms with van der Waals surface area (Å²) in [6.07, 6.45) is 1.11. The van der Waals surface area contributed by atoms with Gasteiger partial charge in [-0.15, -0.1) is 26.6 Å². The maximum absolute atomic E-state index is 4.64. The van der Waals surface area contributed by atoms with Crippen molar-refractivity contribution in [3.05, 3.63) is 39.8 Å². The molecule has 4 rings (SSSR count). The van der Waals surface area contributed by atoms with Gasteiger partial charge in [0.15, 0.2) is 11.5 Å². The summed E-state index contributed by atoms with van der Waals surface area (Å²) in [5, 5.41) is 14.9. The van der Waals surface area contributed by atoms with Crippen LogP contribution in [-0.2, 0) is 13.0 Å². The van der Waals surface area contributed by atoms with E-state index in [0.717, 1.165) is 36.8 Å². The molecule has 5 nitrogen and oxygen atoms in total. The number of fused-ring (bicyclic) bond motifs is 2. The second-order valence-corrected chi connectivity index (χ2v) is 5.75. The summed E-state index contributed by atoms with van der Waals surface area (Å²) in [6, 6.07) is 6.22. The highest BCUT2D eigenvalue weighted by Crippen LogP contribution is 2.26. The molecule has 0 radical (unpaired) electrons. The van der Waals surface area contributed by atoms with Gasteiger partial charge >= 0.3 is 0 Å². The molecule has 0 N–H and O–H groups in total. The molecule has 3 aromatic heterocycles. The van der Waals surface area contributed by atoms with Crippen LogP contribution in [0.15, 0.2) is 23.6 Å². The van der Waals surface area contributed by atoms with Gasteiger partial charge in [0.25, 0.3) is 0 Å². The summed E-state index contributed by atoms with van der Waals surface area (Å²) in [6.45, 7) is 3.88. The second-order valence-electron chi connectivity index (χ2n) is 4.75. The Kier molecular flexibility index (Phi) is 2.32. The van der Waals surface area contributed by atoms with Gasteiger partial charge in [-0.2, -0.15) is 4.52 Å². The third kappa shape index (κ3) is 1.71. The first-order valence-corrected chi connectivity index (χ1v) is 7.18. The van der Waals surface area contributed by atoms with Gasteiger partial charge in [-0.3, -0.25) is 0 Å². The number of hydrogen-bond donors (Lipinski definition) is 0. The van der Waals surface area contributed by atoms with Crippen LogP contribution in [0.3, 0.4) is 0 Å². The van der Waals surface area contributed by atoms with E-state index < -0.39 is 0 Å². The molecule has 0 spiro atoms. The lowest BCUT2D eigenvalue weighted by Gasteiger charge is -2.27. The minimum Gasteiger partial charge on any atom is -0.350 e. The Balaban J connectivity index is 1.73. The van der Waals surface area contributed by atoms with E-state index in [-0.39, 0.29) is 0 Å². The summed E-state index contributed by atoms with van der Waals surface area (Å²) in [7, 11) is 0. The van der Waals surface area contributed by atoms with Crippen molar-refractivity contribution >= 4 is 22.8 Å². The van der Waals surface area contributed by atoms with Crippen molar-refractivity contribution in [2.45, 2.75) is 19.9 Å². The molecule has 0 fully saturated rings. The SMILES string of the molecule is Cc1nnc2ccc(N3CCc4sccc4C3)nn12. The van der Waals surface area contributed by atoms with E-state index in [2.05, 4.69) is 31.6 Å². The molecule has 4 heterocycles. The van der Waals surface area contributed by atoms with Crippen LogP contribution < -0.4 is 4.90 Å². The van der Waals surface area contributed by atoms with Gasteiger partial charge in [0, 0.05) is 18.0 Å². The summed E-state index contributed by atoms with van der Waals surface area (Å²) < 4.78 is 1.80. The van der Waals surface area contributed by atoms with E-state index in [1.54, 1.807) is 4.52 Å². The number of anilines is 1. The van der Waals surface area contributed by atoms with Crippen molar-refractivity contribution in [3.63, 3.8) is 0 Å². The molecular formula is C13H13N5S. The first-order valence-electron chi connectivity index (χ1n) is 6.30. The normalized spacial score (nSPS) is 14.9. The zero-order valence-electron chi connectivity index (χ0n) is 10.6. The van der Waals surface area contributed by atoms with Crippen LogP contribution in [0, 0.1) is 6.92 Å². The largest absolute Gasteiger partial charge is 0.350 e. The molecule has 0 aliphatic carbocycles. The number of hydrogen-bond acceptors (Lipinski definition) is 5. The van der Waals surface area contributed by atoms with E-state index in [0.29, 0.717) is 0 Å². The molecule has 0 saturated carbocycles. The zero-order valence-corrected chi connectivity index (χ0v) is 11.4. The topological polar surface area (TPSA) is 46.3 Å². The minimum atomic E-state index is 0.800. The molecule has 1 aliphatic rings. The Labute approximate surface area is 114 Å². The van der Waals surface area contributed by atoms with Crippen LogP contribution in [-0.4, -0.2) is 26.4 Å². The number of thiophene rings is 1. The van der Waals surface area contributed by atoms with Gasteiger partial charge in [-0.1, -0.05) is 0 Å². The van der Waals surface area contributed by atoms with Crippen molar-refractivity contribution < 1.29 is 0 Å². The molecule has 1 aliphatic heterocycles. The van der Waals surface area contributed by atoms with Crippen LogP contribution in [0.1, 0.15) is 16.3 Å². The lowest BCUT2D eigenvalue weighted by molar-refractivity contribution is 0.714. The molecule has 6 heteroatoms. The summed E-state index contributed by atoms with van der Waals surface area (Å²) >= 11 is 1.86. The molecule has 19 heavy (non-hydrogen) atoms. The fourth-order valence-electron chi connectivity index (χ4n) is 2.50. The molecule has 96 valence electrons. The standard InChI is InChI=1S/C13H13N5S/c1-9-14-15-12-2-3-13(16-18(9)12)17-6-4-11-10(8-17)5-7-19-11/h2-3,5,7H,4,6,8H2,1H3. The molecule has 0 atom stereocenters. The Morgan fingerprint density at radius 3 is 3.11 bits per heavy atom. The van der Waals surface area contributed by atoms with Gasteiger partial charge in [0.05, 0.1) is 0 Å². The summed E-state index contributed by atoms with van der Waals surface area (Å²) in [5.74, 6) is 1.82. The predicted molar refractivity (Wildman–Crippen MR) is 74.6 cm³/mol. The summed E-state index contributed by atoms with van der Waals surface area (Å²) in [5.41, 5.74) is 2.23. The molecule has 0 amide bonds. The van der Waals surface area contributed by atoms with Crippen molar-refractivity contribution in [1.82, 2.24) is 19.8 Å². The smallest absolute Gasteiger partial charge is 0.178 e. The number of rotatable bonds is 1. The van der Waals surface area contributed by atoms with Crippen LogP contribution in [0.2, 0.25) is 0 Å². The second kappa shape index (κ2) is 4.03. The predicted octanol–water partition coefficient (Wildman–Crippen LogP) is 2.06. The number of aryl methyl sites for hydroxylation is 1. The molecular weight excluding hydrogens is 258 g/mol. The van der Waals surface area contributed by atoms with Crippen molar-refractivity contribution in [2.75, 3.05) is 11.4 Å². The Morgan fingerprint density at radius 1 is 1.21 bits per heavy atom. The number of aromatic nitrogens is 4. The lowest BCUT2D eigenvalue weighted by atomic mass is 10.1. The third-order valence-electron chi connectivity index (χ3n) is 3.54. The minimum absolute atomic E-state index is 0.800. The van der Waals surface area contributed by atoms with Gasteiger partial charge < -0.3 is 4.90 Å².